The number of nitriles is 2. The van der Waals surface area contributed by atoms with Crippen molar-refractivity contribution >= 4 is 51.4 Å². The number of benzene rings is 2. The maximum atomic E-state index is 11.6. The molecule has 0 aromatic heterocycles. The predicted octanol–water partition coefficient (Wildman–Crippen LogP) is 9.72. The molecule has 2 rings (SSSR count). The molecule has 0 aliphatic heterocycles. The highest BCUT2D eigenvalue weighted by Gasteiger charge is 2.14. The zero-order chi connectivity index (χ0) is 45.7. The number of carboxylic acids is 1. The minimum atomic E-state index is -0.841. The molecular formula is C40H58BrN11O8. The summed E-state index contributed by atoms with van der Waals surface area (Å²) in [6.45, 7) is 16.3. The van der Waals surface area contributed by atoms with E-state index < -0.39 is 30.0 Å². The van der Waals surface area contributed by atoms with Crippen LogP contribution < -0.4 is 10.6 Å². The number of halogens is 1. The quantitative estimate of drug-likeness (QED) is 0.0214. The molecule has 0 spiro atoms. The van der Waals surface area contributed by atoms with E-state index in [0.717, 1.165) is 17.7 Å². The zero-order valence-electron chi connectivity index (χ0n) is 35.4. The molecule has 2 atom stereocenters. The Labute approximate surface area is 360 Å². The number of ether oxygens (including phenoxy) is 3. The number of azide groups is 2. The molecule has 60 heavy (non-hydrogen) atoms. The van der Waals surface area contributed by atoms with Crippen LogP contribution in [0.15, 0.2) is 58.8 Å². The Hall–Kier alpha value is -6.04. The molecule has 0 heterocycles. The van der Waals surface area contributed by atoms with Gasteiger partial charge in [0.25, 0.3) is 0 Å². The Kier molecular flexibility index (Phi) is 33.7. The van der Waals surface area contributed by atoms with Crippen molar-refractivity contribution in [1.82, 2.24) is 15.5 Å². The highest BCUT2D eigenvalue weighted by atomic mass is 79.9. The minimum absolute atomic E-state index is 0.0965. The molecular weight excluding hydrogens is 842 g/mol. The lowest BCUT2D eigenvalue weighted by molar-refractivity contribution is -0.146. The third-order valence-corrected chi connectivity index (χ3v) is 8.20. The van der Waals surface area contributed by atoms with Crippen LogP contribution in [0.1, 0.15) is 85.3 Å². The van der Waals surface area contributed by atoms with Crippen LogP contribution in [0.5, 0.6) is 0 Å². The highest BCUT2D eigenvalue weighted by molar-refractivity contribution is 9.09. The van der Waals surface area contributed by atoms with E-state index in [1.165, 1.54) is 0 Å². The second kappa shape index (κ2) is 36.1. The van der Waals surface area contributed by atoms with E-state index in [1.54, 1.807) is 68.4 Å². The van der Waals surface area contributed by atoms with Crippen molar-refractivity contribution in [2.45, 2.75) is 99.4 Å². The maximum absolute atomic E-state index is 11.6. The van der Waals surface area contributed by atoms with Gasteiger partial charge >= 0.3 is 24.1 Å². The molecule has 0 fully saturated rings. The first-order chi connectivity index (χ1) is 28.6. The van der Waals surface area contributed by atoms with Gasteiger partial charge < -0.3 is 30.0 Å². The van der Waals surface area contributed by atoms with Crippen molar-refractivity contribution in [3.63, 3.8) is 0 Å². The molecule has 0 radical (unpaired) electrons. The second-order valence-corrected chi connectivity index (χ2v) is 13.8. The van der Waals surface area contributed by atoms with Crippen LogP contribution in [0.4, 0.5) is 21.0 Å². The van der Waals surface area contributed by atoms with Crippen LogP contribution in [-0.2, 0) is 37.0 Å². The van der Waals surface area contributed by atoms with Crippen LogP contribution in [-0.4, -0.2) is 77.8 Å². The summed E-state index contributed by atoms with van der Waals surface area (Å²) in [5.74, 6) is -2.02. The predicted molar refractivity (Wildman–Crippen MR) is 230 cm³/mol. The maximum Gasteiger partial charge on any atom is 0.407 e. The molecule has 0 unspecified atom stereocenters. The summed E-state index contributed by atoms with van der Waals surface area (Å²) in [6.07, 6.45) is 1.07. The fourth-order valence-electron chi connectivity index (χ4n) is 4.83. The Morgan fingerprint density at radius 1 is 0.750 bits per heavy atom. The second-order valence-electron chi connectivity index (χ2n) is 13.2. The van der Waals surface area contributed by atoms with E-state index in [4.69, 9.17) is 40.9 Å². The van der Waals surface area contributed by atoms with Crippen LogP contribution >= 0.6 is 15.9 Å². The van der Waals surface area contributed by atoms with Crippen LogP contribution in [0, 0.1) is 34.5 Å². The Morgan fingerprint density at radius 2 is 1.15 bits per heavy atom. The summed E-state index contributed by atoms with van der Waals surface area (Å²) in [5.41, 5.74) is 19.1. The number of nitrogens with one attached hydrogen (secondary N) is 2. The number of alkyl halides is 1. The number of hydrogen-bond donors (Lipinski definition) is 3. The lowest BCUT2D eigenvalue weighted by Crippen LogP contribution is -2.36. The highest BCUT2D eigenvalue weighted by Crippen LogP contribution is 2.15. The molecule has 20 heteroatoms. The van der Waals surface area contributed by atoms with Crippen molar-refractivity contribution in [2.75, 3.05) is 31.6 Å². The topological polar surface area (TPSA) is 289 Å². The van der Waals surface area contributed by atoms with Gasteiger partial charge in [0, 0.05) is 46.4 Å². The summed E-state index contributed by atoms with van der Waals surface area (Å²) < 4.78 is 14.8. The first kappa shape index (κ1) is 56.1. The number of nitrogens with zero attached hydrogens (tertiary/aromatic N) is 9. The first-order valence-electron chi connectivity index (χ1n) is 19.1. The van der Waals surface area contributed by atoms with Crippen molar-refractivity contribution < 1.29 is 38.5 Å². The normalized spacial score (nSPS) is 10.7. The third-order valence-electron chi connectivity index (χ3n) is 7.95. The zero-order valence-corrected chi connectivity index (χ0v) is 37.0. The largest absolute Gasteiger partial charge is 0.481 e. The van der Waals surface area contributed by atoms with Gasteiger partial charge in [-0.2, -0.15) is 10.5 Å². The summed E-state index contributed by atoms with van der Waals surface area (Å²) in [5, 5.41) is 37.1. The molecule has 19 nitrogen and oxygen atoms in total. The first-order valence-corrected chi connectivity index (χ1v) is 20.3. The van der Waals surface area contributed by atoms with Gasteiger partial charge in [-0.25, -0.2) is 9.59 Å². The summed E-state index contributed by atoms with van der Waals surface area (Å²) >= 11 is 2.89. The number of aliphatic carboxylic acids is 1. The van der Waals surface area contributed by atoms with Crippen LogP contribution in [0.2, 0.25) is 0 Å². The smallest absolute Gasteiger partial charge is 0.407 e. The fraction of sp³-hybridized carbons (Fsp3) is 0.550. The van der Waals surface area contributed by atoms with Crippen molar-refractivity contribution in [3.05, 3.63) is 80.5 Å². The van der Waals surface area contributed by atoms with E-state index in [2.05, 4.69) is 86.1 Å². The SMILES string of the molecule is CCN(C(C)C)C(C)C.C[C@@H](CCCNC(=O)OCc1ccc(N=[N+]=[N-])cc1)C(=O)O.C[C@@H](CCCNC(=O)OCc1ccc(N=[N+]=[N-])cc1)C(=O)OCC#N.N#CCBr. The molecule has 0 aliphatic rings. The fourth-order valence-corrected chi connectivity index (χ4v) is 4.83. The van der Waals surface area contributed by atoms with Gasteiger partial charge in [0.05, 0.1) is 23.2 Å². The Morgan fingerprint density at radius 3 is 1.45 bits per heavy atom. The molecule has 0 aliphatic carbocycles. The molecule has 3 N–H and O–H groups in total. The van der Waals surface area contributed by atoms with E-state index >= 15 is 0 Å². The van der Waals surface area contributed by atoms with Crippen molar-refractivity contribution in [1.29, 1.82) is 10.5 Å². The molecule has 2 aromatic rings. The molecule has 0 saturated heterocycles. The van der Waals surface area contributed by atoms with Gasteiger partial charge in [-0.05, 0) is 82.1 Å². The van der Waals surface area contributed by atoms with Gasteiger partial charge in [-0.1, -0.05) is 95.5 Å². The number of amides is 2. The van der Waals surface area contributed by atoms with Crippen molar-refractivity contribution in [3.8, 4) is 12.1 Å². The van der Waals surface area contributed by atoms with Crippen molar-refractivity contribution in [2.24, 2.45) is 22.1 Å². The molecule has 2 amide bonds. The van der Waals surface area contributed by atoms with Gasteiger partial charge in [0.1, 0.15) is 19.3 Å². The third kappa shape index (κ3) is 30.1. The number of hydrogen-bond acceptors (Lipinski definition) is 12. The van der Waals surface area contributed by atoms with Gasteiger partial charge in [-0.3, -0.25) is 14.5 Å². The summed E-state index contributed by atoms with van der Waals surface area (Å²) in [4.78, 5) is 52.9. The van der Waals surface area contributed by atoms with E-state index in [0.29, 0.717) is 67.6 Å². The minimum Gasteiger partial charge on any atom is -0.481 e. The standard InChI is InChI=1S/C16H19N5O4.C14H18N4O4.C8H19N.C2H2BrN/c1-12(15(22)24-10-8-17)3-2-9-19-16(23)25-11-13-4-6-14(7-5-13)20-21-18;1-10(13(19)20)3-2-8-16-14(21)22-9-11-4-6-12(7-5-11)17-18-15;1-6-9(7(2)3)8(4)5;3-1-2-4/h4-7,12H,2-3,9-11H2,1H3,(H,19,23);4-7,10H,2-3,8-9H2,1H3,(H,16,21)(H,19,20);7-8H,6H2,1-5H3;1H2/t12-;10-;;/m00../s1. The van der Waals surface area contributed by atoms with Crippen LogP contribution in [0.25, 0.3) is 20.9 Å². The number of rotatable bonds is 20. The number of alkyl carbamates (subject to hydrolysis) is 2. The van der Waals surface area contributed by atoms with E-state index in [-0.39, 0.29) is 25.7 Å². The van der Waals surface area contributed by atoms with Crippen LogP contribution in [0.3, 0.4) is 0 Å². The van der Waals surface area contributed by atoms with E-state index in [1.807, 2.05) is 6.07 Å². The molecule has 0 saturated carbocycles. The summed E-state index contributed by atoms with van der Waals surface area (Å²) in [6, 6.07) is 18.3. The average molecular weight is 901 g/mol. The number of carbonyl (C=O) groups is 4. The molecule has 2 aromatic carbocycles. The van der Waals surface area contributed by atoms with E-state index in [9.17, 15) is 19.2 Å². The Bertz CT molecular complexity index is 1710. The van der Waals surface area contributed by atoms with Gasteiger partial charge in [0.15, 0.2) is 6.61 Å². The monoisotopic (exact) mass is 899 g/mol. The number of esters is 1. The average Bonchev–Trinajstić information content (AvgIpc) is 3.23. The molecule has 0 bridgehead atoms. The number of carbonyl (C=O) groups excluding carboxylic acids is 3. The lowest BCUT2D eigenvalue weighted by Gasteiger charge is -2.28. The lowest BCUT2D eigenvalue weighted by atomic mass is 10.1. The summed E-state index contributed by atoms with van der Waals surface area (Å²) in [7, 11) is 0. The molecule has 328 valence electrons. The van der Waals surface area contributed by atoms with Gasteiger partial charge in [0.2, 0.25) is 0 Å². The van der Waals surface area contributed by atoms with Gasteiger partial charge in [-0.15, -0.1) is 0 Å². The number of carboxylic acid groups (broad SMARTS) is 1. The Balaban J connectivity index is 0.